The summed E-state index contributed by atoms with van der Waals surface area (Å²) >= 11 is 0. The Hall–Kier alpha value is -1.34. The van der Waals surface area contributed by atoms with E-state index in [0.717, 1.165) is 19.4 Å². The number of nitriles is 1. The van der Waals surface area contributed by atoms with Crippen LogP contribution in [0.2, 0.25) is 0 Å². The standard InChI is InChI=1S/C13H22N4/c1-11(2)16-13(4,10-14)7-5-9-17-12(3)6-8-15-17/h6,8,11,16H,5,7,9H2,1-4H3. The second-order valence-corrected chi connectivity index (χ2v) is 5.04. The highest BCUT2D eigenvalue weighted by Crippen LogP contribution is 2.13. The van der Waals surface area contributed by atoms with E-state index in [0.29, 0.717) is 6.04 Å². The normalized spacial score (nSPS) is 14.6. The van der Waals surface area contributed by atoms with Crippen molar-refractivity contribution in [2.24, 2.45) is 0 Å². The van der Waals surface area contributed by atoms with Crippen LogP contribution in [0, 0.1) is 18.3 Å². The molecule has 0 aliphatic carbocycles. The van der Waals surface area contributed by atoms with Gasteiger partial charge in [-0.15, -0.1) is 0 Å². The van der Waals surface area contributed by atoms with Crippen molar-refractivity contribution in [1.82, 2.24) is 15.1 Å². The number of aromatic nitrogens is 2. The van der Waals surface area contributed by atoms with Crippen LogP contribution in [-0.2, 0) is 6.54 Å². The Morgan fingerprint density at radius 2 is 2.29 bits per heavy atom. The van der Waals surface area contributed by atoms with Gasteiger partial charge < -0.3 is 0 Å². The molecule has 0 spiro atoms. The molecule has 17 heavy (non-hydrogen) atoms. The van der Waals surface area contributed by atoms with Gasteiger partial charge >= 0.3 is 0 Å². The van der Waals surface area contributed by atoms with Crippen molar-refractivity contribution in [3.8, 4) is 6.07 Å². The van der Waals surface area contributed by atoms with Gasteiger partial charge in [0.2, 0.25) is 0 Å². The van der Waals surface area contributed by atoms with Crippen LogP contribution >= 0.6 is 0 Å². The molecule has 0 aromatic carbocycles. The van der Waals surface area contributed by atoms with Crippen LogP contribution in [0.1, 0.15) is 39.3 Å². The van der Waals surface area contributed by atoms with E-state index in [4.69, 9.17) is 0 Å². The molecule has 0 saturated carbocycles. The van der Waals surface area contributed by atoms with Gasteiger partial charge in [-0.2, -0.15) is 10.4 Å². The summed E-state index contributed by atoms with van der Waals surface area (Å²) in [7, 11) is 0. The van der Waals surface area contributed by atoms with Crippen LogP contribution in [0.25, 0.3) is 0 Å². The quantitative estimate of drug-likeness (QED) is 0.821. The largest absolute Gasteiger partial charge is 0.297 e. The molecule has 94 valence electrons. The Balaban J connectivity index is 2.44. The fraction of sp³-hybridized carbons (Fsp3) is 0.692. The molecule has 0 aliphatic rings. The van der Waals surface area contributed by atoms with Gasteiger partial charge in [0.1, 0.15) is 5.54 Å². The lowest BCUT2D eigenvalue weighted by atomic mass is 9.96. The SMILES string of the molecule is Cc1ccnn1CCCC(C)(C#N)NC(C)C. The summed E-state index contributed by atoms with van der Waals surface area (Å²) in [5.41, 5.74) is 0.732. The number of hydrogen-bond donors (Lipinski definition) is 1. The van der Waals surface area contributed by atoms with Crippen molar-refractivity contribution in [1.29, 1.82) is 5.26 Å². The van der Waals surface area contributed by atoms with Crippen molar-refractivity contribution in [2.75, 3.05) is 0 Å². The third-order valence-electron chi connectivity index (χ3n) is 2.83. The maximum Gasteiger partial charge on any atom is 0.104 e. The topological polar surface area (TPSA) is 53.6 Å². The van der Waals surface area contributed by atoms with Crippen molar-refractivity contribution in [3.05, 3.63) is 18.0 Å². The average Bonchev–Trinajstić information content (AvgIpc) is 2.63. The third-order valence-corrected chi connectivity index (χ3v) is 2.83. The summed E-state index contributed by atoms with van der Waals surface area (Å²) < 4.78 is 1.98. The van der Waals surface area contributed by atoms with Crippen molar-refractivity contribution < 1.29 is 0 Å². The Morgan fingerprint density at radius 1 is 1.59 bits per heavy atom. The van der Waals surface area contributed by atoms with Crippen LogP contribution in [0.3, 0.4) is 0 Å². The predicted molar refractivity (Wildman–Crippen MR) is 68.5 cm³/mol. The fourth-order valence-corrected chi connectivity index (χ4v) is 2.01. The molecule has 0 bridgehead atoms. The van der Waals surface area contributed by atoms with Crippen LogP contribution in [0.5, 0.6) is 0 Å². The zero-order chi connectivity index (χ0) is 12.9. The first-order valence-corrected chi connectivity index (χ1v) is 6.14. The lowest BCUT2D eigenvalue weighted by Gasteiger charge is -2.25. The summed E-state index contributed by atoms with van der Waals surface area (Å²) in [6.45, 7) is 9.00. The second-order valence-electron chi connectivity index (χ2n) is 5.04. The Labute approximate surface area is 104 Å². The van der Waals surface area contributed by atoms with Gasteiger partial charge in [-0.25, -0.2) is 0 Å². The lowest BCUT2D eigenvalue weighted by molar-refractivity contribution is 0.360. The summed E-state index contributed by atoms with van der Waals surface area (Å²) in [5.74, 6) is 0. The van der Waals surface area contributed by atoms with Gasteiger partial charge in [-0.3, -0.25) is 10.00 Å². The molecule has 0 radical (unpaired) electrons. The molecule has 1 aromatic rings. The maximum atomic E-state index is 9.21. The van der Waals surface area contributed by atoms with E-state index in [9.17, 15) is 5.26 Å². The number of nitrogens with one attached hydrogen (secondary N) is 1. The number of rotatable bonds is 6. The molecule has 0 aliphatic heterocycles. The van der Waals surface area contributed by atoms with Crippen LogP contribution in [0.15, 0.2) is 12.3 Å². The molecular formula is C13H22N4. The van der Waals surface area contributed by atoms with Crippen molar-refractivity contribution in [2.45, 2.75) is 58.7 Å². The first-order valence-electron chi connectivity index (χ1n) is 6.14. The van der Waals surface area contributed by atoms with E-state index in [2.05, 4.69) is 30.3 Å². The Morgan fingerprint density at radius 3 is 2.76 bits per heavy atom. The van der Waals surface area contributed by atoms with Gasteiger partial charge in [0.15, 0.2) is 0 Å². The van der Waals surface area contributed by atoms with Crippen molar-refractivity contribution in [3.63, 3.8) is 0 Å². The molecule has 1 rings (SSSR count). The lowest BCUT2D eigenvalue weighted by Crippen LogP contribution is -2.45. The van der Waals surface area contributed by atoms with E-state index in [1.165, 1.54) is 5.69 Å². The van der Waals surface area contributed by atoms with Crippen LogP contribution in [0.4, 0.5) is 0 Å². The number of hydrogen-bond acceptors (Lipinski definition) is 3. The summed E-state index contributed by atoms with van der Waals surface area (Å²) in [6, 6.07) is 4.68. The van der Waals surface area contributed by atoms with E-state index in [-0.39, 0.29) is 0 Å². The second kappa shape index (κ2) is 5.83. The minimum Gasteiger partial charge on any atom is -0.297 e. The summed E-state index contributed by atoms with van der Waals surface area (Å²) in [6.07, 6.45) is 3.60. The van der Waals surface area contributed by atoms with Gasteiger partial charge in [-0.05, 0) is 46.6 Å². The maximum absolute atomic E-state index is 9.21. The minimum absolute atomic E-state index is 0.325. The molecule has 1 unspecified atom stereocenters. The highest BCUT2D eigenvalue weighted by molar-refractivity contribution is 5.04. The molecule has 0 amide bonds. The van der Waals surface area contributed by atoms with E-state index < -0.39 is 5.54 Å². The van der Waals surface area contributed by atoms with E-state index in [1.54, 1.807) is 0 Å². The smallest absolute Gasteiger partial charge is 0.104 e. The average molecular weight is 234 g/mol. The van der Waals surface area contributed by atoms with E-state index in [1.807, 2.05) is 30.8 Å². The number of nitrogens with zero attached hydrogens (tertiary/aromatic N) is 3. The highest BCUT2D eigenvalue weighted by Gasteiger charge is 2.23. The molecule has 1 N–H and O–H groups in total. The first-order chi connectivity index (χ1) is 7.97. The van der Waals surface area contributed by atoms with Crippen LogP contribution < -0.4 is 5.32 Å². The van der Waals surface area contributed by atoms with Gasteiger partial charge in [0.05, 0.1) is 6.07 Å². The zero-order valence-electron chi connectivity index (χ0n) is 11.2. The zero-order valence-corrected chi connectivity index (χ0v) is 11.2. The number of aryl methyl sites for hydroxylation is 2. The summed E-state index contributed by atoms with van der Waals surface area (Å²) in [5, 5.41) is 16.8. The molecule has 0 fully saturated rings. The molecule has 1 aromatic heterocycles. The van der Waals surface area contributed by atoms with Crippen molar-refractivity contribution >= 4 is 0 Å². The fourth-order valence-electron chi connectivity index (χ4n) is 2.01. The molecule has 1 atom stereocenters. The minimum atomic E-state index is -0.435. The van der Waals surface area contributed by atoms with Gasteiger partial charge in [0.25, 0.3) is 0 Å². The first kappa shape index (κ1) is 13.7. The van der Waals surface area contributed by atoms with Gasteiger partial charge in [-0.1, -0.05) is 0 Å². The Kier molecular flexibility index (Phi) is 4.71. The highest BCUT2D eigenvalue weighted by atomic mass is 15.3. The predicted octanol–water partition coefficient (Wildman–Crippen LogP) is 2.25. The molecule has 4 heteroatoms. The van der Waals surface area contributed by atoms with Crippen LogP contribution in [-0.4, -0.2) is 21.4 Å². The monoisotopic (exact) mass is 234 g/mol. The van der Waals surface area contributed by atoms with E-state index >= 15 is 0 Å². The molecule has 4 nitrogen and oxygen atoms in total. The molecular weight excluding hydrogens is 212 g/mol. The van der Waals surface area contributed by atoms with Gasteiger partial charge in [0, 0.05) is 24.5 Å². The molecule has 0 saturated heterocycles. The Bertz CT molecular complexity index is 388. The molecule has 1 heterocycles. The summed E-state index contributed by atoms with van der Waals surface area (Å²) in [4.78, 5) is 0. The third kappa shape index (κ3) is 4.20.